The standard InChI is InChI=1S/4C7H8O.Hf/c4*1-6-4-2-3-5-7(6)8;/h4*2-5,8H,1H3;. The number of phenolic OH excluding ortho intramolecular Hbond substituents is 4. The van der Waals surface area contributed by atoms with Crippen molar-refractivity contribution in [2.75, 3.05) is 0 Å². The van der Waals surface area contributed by atoms with Crippen molar-refractivity contribution in [2.45, 2.75) is 27.7 Å². The van der Waals surface area contributed by atoms with E-state index < -0.39 is 0 Å². The molecule has 0 unspecified atom stereocenters. The van der Waals surface area contributed by atoms with E-state index in [-0.39, 0.29) is 25.8 Å². The Morgan fingerprint density at radius 2 is 0.485 bits per heavy atom. The van der Waals surface area contributed by atoms with Crippen molar-refractivity contribution in [1.29, 1.82) is 0 Å². The summed E-state index contributed by atoms with van der Waals surface area (Å²) in [4.78, 5) is 0. The maximum absolute atomic E-state index is 8.92. The number of benzene rings is 4. The van der Waals surface area contributed by atoms with Gasteiger partial charge in [-0.3, -0.25) is 0 Å². The molecule has 0 radical (unpaired) electrons. The fraction of sp³-hybridized carbons (Fsp3) is 0.143. The van der Waals surface area contributed by atoms with Crippen molar-refractivity contribution >= 4 is 0 Å². The second-order valence-corrected chi connectivity index (χ2v) is 7.15. The number of para-hydroxylation sites is 4. The Hall–Kier alpha value is -3.05. The summed E-state index contributed by atoms with van der Waals surface area (Å²) in [5.74, 6) is 1.47. The second kappa shape index (κ2) is 16.6. The predicted molar refractivity (Wildman–Crippen MR) is 131 cm³/mol. The Balaban J connectivity index is 0.000000410. The Morgan fingerprint density at radius 1 is 0.333 bits per heavy atom. The summed E-state index contributed by atoms with van der Waals surface area (Å²) in [6.45, 7) is 7.48. The first kappa shape index (κ1) is 30.0. The zero-order valence-corrected chi connectivity index (χ0v) is 23.1. The van der Waals surface area contributed by atoms with Crippen LogP contribution in [0, 0.1) is 27.7 Å². The Morgan fingerprint density at radius 3 is 0.576 bits per heavy atom. The molecule has 0 aliphatic carbocycles. The largest absolute Gasteiger partial charge is 0.508 e. The van der Waals surface area contributed by atoms with Gasteiger partial charge in [-0.1, -0.05) is 72.8 Å². The first-order valence-electron chi connectivity index (χ1n) is 10.2. The van der Waals surface area contributed by atoms with Gasteiger partial charge in [-0.25, -0.2) is 0 Å². The minimum atomic E-state index is 0. The molecule has 33 heavy (non-hydrogen) atoms. The first-order chi connectivity index (χ1) is 15.2. The molecule has 0 aromatic heterocycles. The molecule has 0 amide bonds. The molecule has 0 spiro atoms. The van der Waals surface area contributed by atoms with Gasteiger partial charge >= 0.3 is 0 Å². The molecule has 172 valence electrons. The van der Waals surface area contributed by atoms with Gasteiger partial charge in [0.2, 0.25) is 0 Å². The van der Waals surface area contributed by atoms with Gasteiger partial charge in [0.15, 0.2) is 0 Å². The summed E-state index contributed by atoms with van der Waals surface area (Å²) in [5, 5.41) is 35.7. The molecule has 0 atom stereocenters. The molecule has 5 heteroatoms. The molecule has 4 rings (SSSR count). The van der Waals surface area contributed by atoms with Crippen LogP contribution in [0.2, 0.25) is 0 Å². The average molecular weight is 611 g/mol. The fourth-order valence-electron chi connectivity index (χ4n) is 2.25. The van der Waals surface area contributed by atoms with E-state index in [4.69, 9.17) is 20.4 Å². The smallest absolute Gasteiger partial charge is 0.118 e. The van der Waals surface area contributed by atoms with Crippen LogP contribution in [0.1, 0.15) is 22.3 Å². The van der Waals surface area contributed by atoms with Gasteiger partial charge in [0, 0.05) is 25.8 Å². The van der Waals surface area contributed by atoms with Crippen molar-refractivity contribution in [3.05, 3.63) is 119 Å². The van der Waals surface area contributed by atoms with E-state index in [2.05, 4.69) is 0 Å². The third-order valence-electron chi connectivity index (χ3n) is 4.46. The minimum Gasteiger partial charge on any atom is -0.508 e. The van der Waals surface area contributed by atoms with Gasteiger partial charge in [0.05, 0.1) is 0 Å². The van der Waals surface area contributed by atoms with Crippen molar-refractivity contribution in [2.24, 2.45) is 0 Å². The number of phenols is 4. The van der Waals surface area contributed by atoms with E-state index >= 15 is 0 Å². The van der Waals surface area contributed by atoms with Crippen LogP contribution in [0.25, 0.3) is 0 Å². The zero-order valence-electron chi connectivity index (χ0n) is 19.5. The van der Waals surface area contributed by atoms with Crippen molar-refractivity contribution < 1.29 is 46.3 Å². The normalized spacial score (nSPS) is 8.85. The summed E-state index contributed by atoms with van der Waals surface area (Å²) in [5.41, 5.74) is 3.69. The molecule has 0 saturated heterocycles. The molecule has 4 aromatic rings. The van der Waals surface area contributed by atoms with E-state index in [9.17, 15) is 0 Å². The van der Waals surface area contributed by atoms with E-state index in [1.807, 2.05) is 100 Å². The molecular formula is C28H32HfO4. The van der Waals surface area contributed by atoms with Gasteiger partial charge in [0.25, 0.3) is 0 Å². The molecule has 4 aromatic carbocycles. The second-order valence-electron chi connectivity index (χ2n) is 7.15. The number of hydrogen-bond acceptors (Lipinski definition) is 4. The number of aryl methyl sites for hydroxylation is 4. The summed E-state index contributed by atoms with van der Waals surface area (Å²) < 4.78 is 0. The monoisotopic (exact) mass is 612 g/mol. The summed E-state index contributed by atoms with van der Waals surface area (Å²) in [6, 6.07) is 29.0. The van der Waals surface area contributed by atoms with Gasteiger partial charge in [-0.2, -0.15) is 0 Å². The molecule has 0 heterocycles. The van der Waals surface area contributed by atoms with Crippen LogP contribution in [0.15, 0.2) is 97.1 Å². The van der Waals surface area contributed by atoms with Crippen LogP contribution in [0.5, 0.6) is 23.0 Å². The quantitative estimate of drug-likeness (QED) is 0.165. The average Bonchev–Trinajstić information content (AvgIpc) is 2.78. The first-order valence-corrected chi connectivity index (χ1v) is 10.2. The molecular weight excluding hydrogens is 579 g/mol. The molecule has 0 fully saturated rings. The van der Waals surface area contributed by atoms with Crippen LogP contribution in [0.3, 0.4) is 0 Å². The molecule has 0 aliphatic heterocycles. The van der Waals surface area contributed by atoms with Crippen molar-refractivity contribution in [1.82, 2.24) is 0 Å². The van der Waals surface area contributed by atoms with E-state index in [1.165, 1.54) is 0 Å². The number of hydrogen-bond donors (Lipinski definition) is 4. The summed E-state index contributed by atoms with van der Waals surface area (Å²) in [7, 11) is 0. The predicted octanol–water partition coefficient (Wildman–Crippen LogP) is 6.80. The van der Waals surface area contributed by atoms with Crippen LogP contribution in [0.4, 0.5) is 0 Å². The summed E-state index contributed by atoms with van der Waals surface area (Å²) in [6.07, 6.45) is 0. The maximum atomic E-state index is 8.92. The summed E-state index contributed by atoms with van der Waals surface area (Å²) >= 11 is 0. The van der Waals surface area contributed by atoms with Crippen LogP contribution >= 0.6 is 0 Å². The van der Waals surface area contributed by atoms with Crippen LogP contribution in [-0.4, -0.2) is 20.4 Å². The zero-order chi connectivity index (χ0) is 23.9. The SMILES string of the molecule is Cc1ccccc1O.Cc1ccccc1O.Cc1ccccc1O.Cc1ccccc1O.[Hf]. The van der Waals surface area contributed by atoms with E-state index in [0.717, 1.165) is 22.3 Å². The van der Waals surface area contributed by atoms with E-state index in [1.54, 1.807) is 24.3 Å². The van der Waals surface area contributed by atoms with Crippen molar-refractivity contribution in [3.63, 3.8) is 0 Å². The van der Waals surface area contributed by atoms with Crippen molar-refractivity contribution in [3.8, 4) is 23.0 Å². The number of aromatic hydroxyl groups is 4. The van der Waals surface area contributed by atoms with E-state index in [0.29, 0.717) is 23.0 Å². The van der Waals surface area contributed by atoms with Gasteiger partial charge < -0.3 is 20.4 Å². The Bertz CT molecular complexity index is 822. The molecule has 0 aliphatic rings. The Kier molecular flexibility index (Phi) is 15.0. The molecule has 4 nitrogen and oxygen atoms in total. The Labute approximate surface area is 215 Å². The minimum absolute atomic E-state index is 0. The van der Waals surface area contributed by atoms with Gasteiger partial charge in [0.1, 0.15) is 23.0 Å². The van der Waals surface area contributed by atoms with Crippen LogP contribution in [-0.2, 0) is 25.8 Å². The third kappa shape index (κ3) is 12.5. The van der Waals surface area contributed by atoms with Gasteiger partial charge in [-0.15, -0.1) is 0 Å². The topological polar surface area (TPSA) is 80.9 Å². The number of rotatable bonds is 0. The third-order valence-corrected chi connectivity index (χ3v) is 4.46. The molecule has 0 saturated carbocycles. The maximum Gasteiger partial charge on any atom is 0.118 e. The van der Waals surface area contributed by atoms with Gasteiger partial charge in [-0.05, 0) is 74.2 Å². The molecule has 4 N–H and O–H groups in total. The van der Waals surface area contributed by atoms with Crippen LogP contribution < -0.4 is 0 Å². The molecule has 0 bridgehead atoms. The fourth-order valence-corrected chi connectivity index (χ4v) is 2.25.